The summed E-state index contributed by atoms with van der Waals surface area (Å²) in [6.45, 7) is 1.81. The van der Waals surface area contributed by atoms with Crippen molar-refractivity contribution >= 4 is 35.6 Å². The van der Waals surface area contributed by atoms with Crippen LogP contribution < -0.4 is 5.32 Å². The summed E-state index contributed by atoms with van der Waals surface area (Å²) in [6, 6.07) is 7.84. The van der Waals surface area contributed by atoms with Crippen molar-refractivity contribution in [2.75, 3.05) is 6.54 Å². The van der Waals surface area contributed by atoms with E-state index in [4.69, 9.17) is 23.8 Å². The number of hydrogen-bond acceptors (Lipinski definition) is 4. The van der Waals surface area contributed by atoms with Gasteiger partial charge in [0, 0.05) is 40.7 Å². The number of thioether (sulfide) groups is 1. The lowest BCUT2D eigenvalue weighted by Crippen LogP contribution is -2.25. The predicted molar refractivity (Wildman–Crippen MR) is 85.8 cm³/mol. The summed E-state index contributed by atoms with van der Waals surface area (Å²) in [6.07, 6.45) is 0.986. The molecule has 0 bridgehead atoms. The maximum absolute atomic E-state index is 5.88. The van der Waals surface area contributed by atoms with Crippen molar-refractivity contribution in [1.29, 1.82) is 0 Å². The number of aromatic amines is 1. The normalized spacial score (nSPS) is 14.1. The van der Waals surface area contributed by atoms with Gasteiger partial charge in [-0.05, 0) is 24.3 Å². The van der Waals surface area contributed by atoms with Crippen molar-refractivity contribution in [3.63, 3.8) is 0 Å². The molecule has 2 N–H and O–H groups in total. The zero-order valence-corrected chi connectivity index (χ0v) is 13.2. The Morgan fingerprint density at radius 1 is 1.30 bits per heavy atom. The SMILES string of the molecule is S=c1nc(CSc2ccc(Cl)cc2)[nH]c2c1CNCC2. The summed E-state index contributed by atoms with van der Waals surface area (Å²) in [4.78, 5) is 9.09. The van der Waals surface area contributed by atoms with Crippen LogP contribution in [0, 0.1) is 4.64 Å². The first-order valence-corrected chi connectivity index (χ1v) is 8.19. The molecule has 1 aromatic carbocycles. The summed E-state index contributed by atoms with van der Waals surface area (Å²) in [5.74, 6) is 1.72. The molecule has 0 fully saturated rings. The zero-order chi connectivity index (χ0) is 13.9. The number of aromatic nitrogens is 2. The van der Waals surface area contributed by atoms with Gasteiger partial charge < -0.3 is 10.3 Å². The van der Waals surface area contributed by atoms with E-state index in [9.17, 15) is 0 Å². The van der Waals surface area contributed by atoms with E-state index < -0.39 is 0 Å². The van der Waals surface area contributed by atoms with Crippen LogP contribution >= 0.6 is 35.6 Å². The van der Waals surface area contributed by atoms with E-state index in [1.165, 1.54) is 10.6 Å². The first-order valence-electron chi connectivity index (χ1n) is 6.42. The second kappa shape index (κ2) is 6.26. The van der Waals surface area contributed by atoms with E-state index in [-0.39, 0.29) is 0 Å². The molecule has 2 heterocycles. The summed E-state index contributed by atoms with van der Waals surface area (Å²) < 4.78 is 0.720. The van der Waals surface area contributed by atoms with Gasteiger partial charge in [-0.1, -0.05) is 23.8 Å². The smallest absolute Gasteiger partial charge is 0.134 e. The lowest BCUT2D eigenvalue weighted by Gasteiger charge is -2.17. The maximum atomic E-state index is 5.88. The molecule has 3 rings (SSSR count). The fraction of sp³-hybridized carbons (Fsp3) is 0.286. The van der Waals surface area contributed by atoms with E-state index in [1.54, 1.807) is 11.8 Å². The lowest BCUT2D eigenvalue weighted by molar-refractivity contribution is 0.620. The van der Waals surface area contributed by atoms with Crippen molar-refractivity contribution in [2.45, 2.75) is 23.6 Å². The van der Waals surface area contributed by atoms with Gasteiger partial charge in [0.2, 0.25) is 0 Å². The van der Waals surface area contributed by atoms with Crippen LogP contribution in [0.15, 0.2) is 29.2 Å². The second-order valence-corrected chi connectivity index (χ2v) is 6.49. The van der Waals surface area contributed by atoms with Crippen molar-refractivity contribution in [2.24, 2.45) is 0 Å². The Morgan fingerprint density at radius 3 is 2.90 bits per heavy atom. The average Bonchev–Trinajstić information content (AvgIpc) is 2.47. The Kier molecular flexibility index (Phi) is 4.41. The van der Waals surface area contributed by atoms with Crippen molar-refractivity contribution in [1.82, 2.24) is 15.3 Å². The van der Waals surface area contributed by atoms with Gasteiger partial charge in [0.05, 0.1) is 5.75 Å². The molecule has 0 aliphatic carbocycles. The van der Waals surface area contributed by atoms with E-state index in [1.807, 2.05) is 24.3 Å². The minimum absolute atomic E-state index is 0.720. The average molecular weight is 324 g/mol. The predicted octanol–water partition coefficient (Wildman–Crippen LogP) is 3.73. The Hall–Kier alpha value is -0.880. The standard InChI is InChI=1S/C14H14ClN3S2/c15-9-1-3-10(4-2-9)20-8-13-17-12-5-6-16-7-11(12)14(19)18-13/h1-4,16H,5-8H2,(H,17,18,19). The van der Waals surface area contributed by atoms with Gasteiger partial charge in [-0.3, -0.25) is 0 Å². The Bertz CT molecular complexity index is 667. The van der Waals surface area contributed by atoms with Crippen LogP contribution in [0.25, 0.3) is 0 Å². The van der Waals surface area contributed by atoms with Gasteiger partial charge in [-0.15, -0.1) is 11.8 Å². The Morgan fingerprint density at radius 2 is 2.10 bits per heavy atom. The van der Waals surface area contributed by atoms with Crippen molar-refractivity contribution in [3.8, 4) is 0 Å². The van der Waals surface area contributed by atoms with Crippen LogP contribution in [0.1, 0.15) is 17.1 Å². The summed E-state index contributed by atoms with van der Waals surface area (Å²) in [5.41, 5.74) is 2.38. The molecule has 104 valence electrons. The molecule has 0 unspecified atom stereocenters. The number of benzene rings is 1. The van der Waals surface area contributed by atoms with Crippen LogP contribution in [-0.2, 0) is 18.7 Å². The number of hydrogen-bond donors (Lipinski definition) is 2. The zero-order valence-electron chi connectivity index (χ0n) is 10.8. The molecule has 0 saturated carbocycles. The van der Waals surface area contributed by atoms with Gasteiger partial charge in [0.15, 0.2) is 0 Å². The number of fused-ring (bicyclic) bond motifs is 1. The van der Waals surface area contributed by atoms with Crippen LogP contribution in [0.2, 0.25) is 5.02 Å². The highest BCUT2D eigenvalue weighted by atomic mass is 35.5. The maximum Gasteiger partial charge on any atom is 0.134 e. The first kappa shape index (κ1) is 14.1. The molecule has 1 aromatic heterocycles. The Balaban J connectivity index is 1.76. The molecule has 0 amide bonds. The lowest BCUT2D eigenvalue weighted by atomic mass is 10.1. The highest BCUT2D eigenvalue weighted by Crippen LogP contribution is 2.23. The van der Waals surface area contributed by atoms with E-state index >= 15 is 0 Å². The van der Waals surface area contributed by atoms with E-state index in [0.29, 0.717) is 0 Å². The van der Waals surface area contributed by atoms with Gasteiger partial charge in [0.25, 0.3) is 0 Å². The van der Waals surface area contributed by atoms with Crippen molar-refractivity contribution < 1.29 is 0 Å². The number of nitrogens with one attached hydrogen (secondary N) is 2. The minimum atomic E-state index is 0.720. The second-order valence-electron chi connectivity index (χ2n) is 4.62. The van der Waals surface area contributed by atoms with E-state index in [2.05, 4.69) is 15.3 Å². The van der Waals surface area contributed by atoms with Crippen LogP contribution in [-0.4, -0.2) is 16.5 Å². The molecule has 2 aromatic rings. The topological polar surface area (TPSA) is 40.7 Å². The largest absolute Gasteiger partial charge is 0.346 e. The fourth-order valence-electron chi connectivity index (χ4n) is 2.17. The first-order chi connectivity index (χ1) is 9.72. The quantitative estimate of drug-likeness (QED) is 0.667. The number of H-pyrrole nitrogens is 1. The van der Waals surface area contributed by atoms with Gasteiger partial charge in [0.1, 0.15) is 10.5 Å². The molecule has 0 radical (unpaired) electrons. The third-order valence-electron chi connectivity index (χ3n) is 3.20. The van der Waals surface area contributed by atoms with Crippen LogP contribution in [0.5, 0.6) is 0 Å². The minimum Gasteiger partial charge on any atom is -0.346 e. The summed E-state index contributed by atoms with van der Waals surface area (Å²) in [5, 5.41) is 4.08. The summed E-state index contributed by atoms with van der Waals surface area (Å²) >= 11 is 13.0. The highest BCUT2D eigenvalue weighted by Gasteiger charge is 2.12. The van der Waals surface area contributed by atoms with Crippen LogP contribution in [0.4, 0.5) is 0 Å². The fourth-order valence-corrected chi connectivity index (χ4v) is 3.37. The Labute approximate surface area is 132 Å². The molecule has 1 aliphatic heterocycles. The molecular formula is C14H14ClN3S2. The molecule has 20 heavy (non-hydrogen) atoms. The molecule has 3 nitrogen and oxygen atoms in total. The number of rotatable bonds is 3. The molecular weight excluding hydrogens is 310 g/mol. The van der Waals surface area contributed by atoms with E-state index in [0.717, 1.165) is 46.3 Å². The monoisotopic (exact) mass is 323 g/mol. The molecule has 0 saturated heterocycles. The molecule has 1 aliphatic rings. The third-order valence-corrected chi connectivity index (χ3v) is 4.81. The van der Waals surface area contributed by atoms with Gasteiger partial charge in [-0.2, -0.15) is 0 Å². The van der Waals surface area contributed by atoms with Gasteiger partial charge >= 0.3 is 0 Å². The molecule has 0 spiro atoms. The molecule has 6 heteroatoms. The molecule has 0 atom stereocenters. The number of halogens is 1. The highest BCUT2D eigenvalue weighted by molar-refractivity contribution is 7.98. The van der Waals surface area contributed by atoms with Gasteiger partial charge in [-0.25, -0.2) is 4.98 Å². The number of nitrogens with zero attached hydrogens (tertiary/aromatic N) is 1. The summed E-state index contributed by atoms with van der Waals surface area (Å²) in [7, 11) is 0. The van der Waals surface area contributed by atoms with Crippen LogP contribution in [0.3, 0.4) is 0 Å². The van der Waals surface area contributed by atoms with Crippen molar-refractivity contribution in [3.05, 3.63) is 51.0 Å². The third kappa shape index (κ3) is 3.23.